The molecule has 5 nitrogen and oxygen atoms in total. The van der Waals surface area contributed by atoms with Crippen molar-refractivity contribution in [1.29, 1.82) is 0 Å². The second-order valence-electron chi connectivity index (χ2n) is 5.89. The molecule has 0 saturated heterocycles. The highest BCUT2D eigenvalue weighted by Gasteiger charge is 2.22. The summed E-state index contributed by atoms with van der Waals surface area (Å²) < 4.78 is 7.71. The number of ether oxygens (including phenoxy) is 1. The quantitative estimate of drug-likeness (QED) is 0.923. The van der Waals surface area contributed by atoms with Gasteiger partial charge in [0, 0.05) is 18.8 Å². The van der Waals surface area contributed by atoms with Gasteiger partial charge in [-0.3, -0.25) is 9.48 Å². The highest BCUT2D eigenvalue weighted by Crippen LogP contribution is 2.26. The molecule has 0 unspecified atom stereocenters. The maximum atomic E-state index is 12.4. The molecule has 1 atom stereocenters. The van der Waals surface area contributed by atoms with Gasteiger partial charge in [0.05, 0.1) is 18.4 Å². The van der Waals surface area contributed by atoms with E-state index in [0.717, 1.165) is 25.1 Å². The lowest BCUT2D eigenvalue weighted by Crippen LogP contribution is -2.32. The summed E-state index contributed by atoms with van der Waals surface area (Å²) in [6.45, 7) is 6.04. The van der Waals surface area contributed by atoms with Crippen LogP contribution < -0.4 is 5.32 Å². The molecule has 1 amide bonds. The maximum absolute atomic E-state index is 12.4. The molecule has 122 valence electrons. The van der Waals surface area contributed by atoms with Crippen LogP contribution in [0.25, 0.3) is 0 Å². The topological polar surface area (TPSA) is 56.2 Å². The van der Waals surface area contributed by atoms with Gasteiger partial charge >= 0.3 is 0 Å². The first-order valence-electron chi connectivity index (χ1n) is 8.20. The number of amides is 1. The van der Waals surface area contributed by atoms with Crippen LogP contribution in [0.2, 0.25) is 0 Å². The molecule has 0 aliphatic carbocycles. The molecule has 5 heteroatoms. The van der Waals surface area contributed by atoms with Crippen LogP contribution in [0.5, 0.6) is 0 Å². The fourth-order valence-electron chi connectivity index (χ4n) is 3.03. The van der Waals surface area contributed by atoms with Crippen molar-refractivity contribution < 1.29 is 9.53 Å². The first kappa shape index (κ1) is 15.7. The Morgan fingerprint density at radius 3 is 3.09 bits per heavy atom. The van der Waals surface area contributed by atoms with E-state index in [-0.39, 0.29) is 12.0 Å². The third-order valence-electron chi connectivity index (χ3n) is 4.32. The van der Waals surface area contributed by atoms with Crippen molar-refractivity contribution >= 4 is 5.91 Å². The Bertz CT molecular complexity index is 693. The molecular weight excluding hydrogens is 290 g/mol. The Hall–Kier alpha value is -2.14. The second kappa shape index (κ2) is 6.96. The van der Waals surface area contributed by atoms with Gasteiger partial charge in [-0.1, -0.05) is 31.2 Å². The highest BCUT2D eigenvalue weighted by molar-refractivity contribution is 5.95. The van der Waals surface area contributed by atoms with E-state index in [4.69, 9.17) is 4.74 Å². The minimum atomic E-state index is -0.0866. The highest BCUT2D eigenvalue weighted by atomic mass is 16.5. The van der Waals surface area contributed by atoms with Gasteiger partial charge in [0.25, 0.3) is 5.91 Å². The minimum absolute atomic E-state index is 0.0742. The molecule has 3 rings (SSSR count). The van der Waals surface area contributed by atoms with Gasteiger partial charge in [-0.25, -0.2) is 0 Å². The summed E-state index contributed by atoms with van der Waals surface area (Å²) in [5.74, 6) is -0.0866. The fourth-order valence-corrected chi connectivity index (χ4v) is 3.03. The summed E-state index contributed by atoms with van der Waals surface area (Å²) in [5.41, 5.74) is 4.04. The van der Waals surface area contributed by atoms with E-state index in [1.165, 1.54) is 11.1 Å². The van der Waals surface area contributed by atoms with E-state index >= 15 is 0 Å². The Morgan fingerprint density at radius 1 is 1.43 bits per heavy atom. The number of hydrogen-bond donors (Lipinski definition) is 1. The molecule has 1 aromatic heterocycles. The molecule has 2 heterocycles. The second-order valence-corrected chi connectivity index (χ2v) is 5.89. The Balaban J connectivity index is 1.66. The lowest BCUT2D eigenvalue weighted by molar-refractivity contribution is 0.0411. The third-order valence-corrected chi connectivity index (χ3v) is 4.32. The van der Waals surface area contributed by atoms with E-state index in [1.54, 1.807) is 6.20 Å². The van der Waals surface area contributed by atoms with Gasteiger partial charge < -0.3 is 10.1 Å². The number of benzene rings is 1. The molecule has 1 aromatic carbocycles. The zero-order chi connectivity index (χ0) is 16.2. The first-order chi connectivity index (χ1) is 11.2. The smallest absolute Gasteiger partial charge is 0.254 e. The van der Waals surface area contributed by atoms with Crippen molar-refractivity contribution in [2.24, 2.45) is 0 Å². The summed E-state index contributed by atoms with van der Waals surface area (Å²) >= 11 is 0. The normalized spacial score (nSPS) is 16.9. The molecule has 1 aliphatic rings. The van der Waals surface area contributed by atoms with Crippen molar-refractivity contribution in [3.63, 3.8) is 0 Å². The molecule has 2 aromatic rings. The molecule has 0 saturated carbocycles. The van der Waals surface area contributed by atoms with Crippen molar-refractivity contribution in [1.82, 2.24) is 15.1 Å². The van der Waals surface area contributed by atoms with Crippen LogP contribution in [0.1, 0.15) is 46.6 Å². The van der Waals surface area contributed by atoms with Crippen LogP contribution in [-0.4, -0.2) is 28.8 Å². The maximum Gasteiger partial charge on any atom is 0.254 e. The summed E-state index contributed by atoms with van der Waals surface area (Å²) in [4.78, 5) is 12.4. The molecule has 1 N–H and O–H groups in total. The number of nitrogens with one attached hydrogen (secondary N) is 1. The Morgan fingerprint density at radius 2 is 2.26 bits per heavy atom. The van der Waals surface area contributed by atoms with Crippen molar-refractivity contribution in [2.75, 3.05) is 13.2 Å². The van der Waals surface area contributed by atoms with Crippen LogP contribution in [0, 0.1) is 6.92 Å². The van der Waals surface area contributed by atoms with Gasteiger partial charge in [-0.15, -0.1) is 0 Å². The van der Waals surface area contributed by atoms with Gasteiger partial charge in [-0.05, 0) is 30.9 Å². The van der Waals surface area contributed by atoms with Gasteiger partial charge in [-0.2, -0.15) is 5.10 Å². The van der Waals surface area contributed by atoms with Gasteiger partial charge in [0.15, 0.2) is 0 Å². The summed E-state index contributed by atoms with van der Waals surface area (Å²) in [7, 11) is 0. The number of carbonyl (C=O) groups is 1. The molecule has 0 radical (unpaired) electrons. The number of nitrogens with zero attached hydrogens (tertiary/aromatic N) is 2. The number of aryl methyl sites for hydroxylation is 1. The zero-order valence-corrected chi connectivity index (χ0v) is 13.7. The largest absolute Gasteiger partial charge is 0.371 e. The molecule has 23 heavy (non-hydrogen) atoms. The summed E-state index contributed by atoms with van der Waals surface area (Å²) in [6.07, 6.45) is 3.50. The lowest BCUT2D eigenvalue weighted by Gasteiger charge is -2.26. The van der Waals surface area contributed by atoms with Crippen molar-refractivity contribution in [3.8, 4) is 0 Å². The van der Waals surface area contributed by atoms with Crippen molar-refractivity contribution in [3.05, 3.63) is 52.8 Å². The molecule has 1 aliphatic heterocycles. The van der Waals surface area contributed by atoms with Crippen LogP contribution in [-0.2, 0) is 17.7 Å². The average molecular weight is 313 g/mol. The zero-order valence-electron chi connectivity index (χ0n) is 13.7. The van der Waals surface area contributed by atoms with Crippen LogP contribution in [0.4, 0.5) is 0 Å². The Labute approximate surface area is 136 Å². The van der Waals surface area contributed by atoms with Crippen molar-refractivity contribution in [2.45, 2.75) is 39.3 Å². The molecule has 0 spiro atoms. The van der Waals surface area contributed by atoms with Gasteiger partial charge in [0.1, 0.15) is 6.10 Å². The average Bonchev–Trinajstić information content (AvgIpc) is 2.94. The monoisotopic (exact) mass is 313 g/mol. The summed E-state index contributed by atoms with van der Waals surface area (Å²) in [6, 6.07) is 8.27. The Kier molecular flexibility index (Phi) is 4.76. The SMILES string of the molecule is CCCn1ncc(C(=O)NC[C@@H]2OCCc3ccccc32)c1C. The van der Waals surface area contributed by atoms with Crippen LogP contribution in [0.15, 0.2) is 30.5 Å². The number of carbonyl (C=O) groups excluding carboxylic acids is 1. The van der Waals surface area contributed by atoms with Crippen LogP contribution >= 0.6 is 0 Å². The molecule has 0 fully saturated rings. The standard InChI is InChI=1S/C18H23N3O2/c1-3-9-21-13(2)16(11-20-21)18(22)19-12-17-15-7-5-4-6-14(15)8-10-23-17/h4-7,11,17H,3,8-10,12H2,1-2H3,(H,19,22)/t17-/m0/s1. The minimum Gasteiger partial charge on any atom is -0.371 e. The van der Waals surface area contributed by atoms with E-state index in [2.05, 4.69) is 29.5 Å². The third kappa shape index (κ3) is 3.29. The first-order valence-corrected chi connectivity index (χ1v) is 8.20. The molecule has 0 bridgehead atoms. The number of hydrogen-bond acceptors (Lipinski definition) is 3. The molecular formula is C18H23N3O2. The van der Waals surface area contributed by atoms with E-state index in [9.17, 15) is 4.79 Å². The summed E-state index contributed by atoms with van der Waals surface area (Å²) in [5, 5.41) is 7.27. The number of fused-ring (bicyclic) bond motifs is 1. The lowest BCUT2D eigenvalue weighted by atomic mass is 9.97. The van der Waals surface area contributed by atoms with E-state index in [0.29, 0.717) is 18.7 Å². The number of aromatic nitrogens is 2. The predicted octanol–water partition coefficient (Wildman–Crippen LogP) is 2.65. The van der Waals surface area contributed by atoms with Gasteiger partial charge in [0.2, 0.25) is 0 Å². The fraction of sp³-hybridized carbons (Fsp3) is 0.444. The van der Waals surface area contributed by atoms with E-state index < -0.39 is 0 Å². The number of rotatable bonds is 5. The van der Waals surface area contributed by atoms with E-state index in [1.807, 2.05) is 23.7 Å². The predicted molar refractivity (Wildman–Crippen MR) is 88.4 cm³/mol. The van der Waals surface area contributed by atoms with Crippen LogP contribution in [0.3, 0.4) is 0 Å².